The number of thiophene rings is 1. The molecule has 0 aliphatic rings. The number of nitrogens with one attached hydrogen (secondary N) is 1. The topological polar surface area (TPSA) is 55.4 Å². The fourth-order valence-corrected chi connectivity index (χ4v) is 3.84. The van der Waals surface area contributed by atoms with Crippen molar-refractivity contribution in [3.8, 4) is 0 Å². The van der Waals surface area contributed by atoms with Crippen LogP contribution in [-0.4, -0.2) is 18.5 Å². The van der Waals surface area contributed by atoms with E-state index in [9.17, 15) is 18.4 Å². The van der Waals surface area contributed by atoms with Crippen LogP contribution in [-0.2, 0) is 4.74 Å². The average molecular weight is 422 g/mol. The van der Waals surface area contributed by atoms with Crippen molar-refractivity contribution < 1.29 is 23.1 Å². The Kier molecular flexibility index (Phi) is 8.08. The van der Waals surface area contributed by atoms with E-state index in [0.717, 1.165) is 35.9 Å². The molecule has 1 N–H and O–H groups in total. The van der Waals surface area contributed by atoms with Crippen LogP contribution in [0, 0.1) is 11.6 Å². The van der Waals surface area contributed by atoms with E-state index >= 15 is 0 Å². The van der Waals surface area contributed by atoms with Gasteiger partial charge in [-0.15, -0.1) is 11.3 Å². The van der Waals surface area contributed by atoms with E-state index in [0.29, 0.717) is 0 Å². The molecule has 0 bridgehead atoms. The van der Waals surface area contributed by atoms with Crippen LogP contribution < -0.4 is 5.32 Å². The van der Waals surface area contributed by atoms with E-state index in [1.54, 1.807) is 13.0 Å². The molecule has 2 rings (SSSR count). The number of anilines is 1. The van der Waals surface area contributed by atoms with Gasteiger partial charge in [0.05, 0.1) is 17.7 Å². The summed E-state index contributed by atoms with van der Waals surface area (Å²) in [5.74, 6) is -2.80. The molecule has 0 unspecified atom stereocenters. The zero-order valence-electron chi connectivity index (χ0n) is 17.0. The number of benzene rings is 1. The van der Waals surface area contributed by atoms with Crippen LogP contribution in [0.15, 0.2) is 35.9 Å². The maximum absolute atomic E-state index is 13.9. The fraction of sp³-hybridized carbons (Fsp3) is 0.364. The van der Waals surface area contributed by atoms with Crippen LogP contribution in [0.1, 0.15) is 72.0 Å². The SMILES string of the molecule is CCOC(=O)c1cc([C@@H](C)CCC=C(C)C)sc1NC(=O)c1cc(F)ccc1F. The van der Waals surface area contributed by atoms with Crippen molar-refractivity contribution in [1.82, 2.24) is 0 Å². The molecule has 7 heteroatoms. The molecule has 0 aliphatic carbocycles. The predicted molar refractivity (Wildman–Crippen MR) is 112 cm³/mol. The summed E-state index contributed by atoms with van der Waals surface area (Å²) >= 11 is 1.24. The lowest BCUT2D eigenvalue weighted by atomic mass is 10.0. The van der Waals surface area contributed by atoms with Gasteiger partial charge < -0.3 is 10.1 Å². The highest BCUT2D eigenvalue weighted by molar-refractivity contribution is 7.16. The Morgan fingerprint density at radius 3 is 2.59 bits per heavy atom. The van der Waals surface area contributed by atoms with Crippen LogP contribution in [0.3, 0.4) is 0 Å². The van der Waals surface area contributed by atoms with Crippen LogP contribution in [0.4, 0.5) is 13.8 Å². The second kappa shape index (κ2) is 10.3. The third kappa shape index (κ3) is 6.22. The highest BCUT2D eigenvalue weighted by atomic mass is 32.1. The zero-order chi connectivity index (χ0) is 21.6. The molecule has 2 aromatic rings. The Balaban J connectivity index is 2.29. The normalized spacial score (nSPS) is 11.7. The molecule has 156 valence electrons. The summed E-state index contributed by atoms with van der Waals surface area (Å²) in [6.45, 7) is 7.98. The molecule has 0 saturated carbocycles. The van der Waals surface area contributed by atoms with Gasteiger partial charge in [0.15, 0.2) is 0 Å². The van der Waals surface area contributed by atoms with E-state index in [-0.39, 0.29) is 23.1 Å². The number of rotatable bonds is 8. The van der Waals surface area contributed by atoms with Gasteiger partial charge in [0.2, 0.25) is 0 Å². The monoisotopic (exact) mass is 421 g/mol. The number of allylic oxidation sites excluding steroid dienone is 2. The van der Waals surface area contributed by atoms with Crippen LogP contribution in [0.5, 0.6) is 0 Å². The summed E-state index contributed by atoms with van der Waals surface area (Å²) in [5.41, 5.74) is 1.03. The number of hydrogen-bond acceptors (Lipinski definition) is 4. The first-order valence-corrected chi connectivity index (χ1v) is 10.2. The average Bonchev–Trinajstić information content (AvgIpc) is 3.07. The van der Waals surface area contributed by atoms with Crippen molar-refractivity contribution in [3.05, 3.63) is 63.6 Å². The Labute approximate surface area is 173 Å². The van der Waals surface area contributed by atoms with Gasteiger partial charge in [-0.25, -0.2) is 13.6 Å². The summed E-state index contributed by atoms with van der Waals surface area (Å²) in [6.07, 6.45) is 3.91. The smallest absolute Gasteiger partial charge is 0.341 e. The minimum absolute atomic E-state index is 0.153. The Morgan fingerprint density at radius 1 is 1.21 bits per heavy atom. The van der Waals surface area contributed by atoms with Crippen LogP contribution in [0.25, 0.3) is 0 Å². The number of amides is 1. The number of esters is 1. The number of ether oxygens (including phenoxy) is 1. The van der Waals surface area contributed by atoms with Gasteiger partial charge >= 0.3 is 5.97 Å². The first kappa shape index (κ1) is 22.7. The molecule has 1 atom stereocenters. The van der Waals surface area contributed by atoms with Gasteiger partial charge in [-0.3, -0.25) is 4.79 Å². The van der Waals surface area contributed by atoms with E-state index in [2.05, 4.69) is 11.4 Å². The standard InChI is InChI=1S/C22H25F2NO3S/c1-5-28-22(27)17-12-19(14(4)8-6-7-13(2)3)29-21(17)25-20(26)16-11-15(23)9-10-18(16)24/h7,9-12,14H,5-6,8H2,1-4H3,(H,25,26)/t14-/m0/s1. The van der Waals surface area contributed by atoms with Crippen molar-refractivity contribution in [2.45, 2.75) is 46.5 Å². The van der Waals surface area contributed by atoms with E-state index in [4.69, 9.17) is 4.74 Å². The summed E-state index contributed by atoms with van der Waals surface area (Å²) in [4.78, 5) is 25.7. The summed E-state index contributed by atoms with van der Waals surface area (Å²) in [5, 5.41) is 2.81. The van der Waals surface area contributed by atoms with Crippen LogP contribution >= 0.6 is 11.3 Å². The quantitative estimate of drug-likeness (QED) is 0.402. The van der Waals surface area contributed by atoms with Crippen molar-refractivity contribution in [2.24, 2.45) is 0 Å². The Morgan fingerprint density at radius 2 is 1.93 bits per heavy atom. The molecule has 0 fully saturated rings. The van der Waals surface area contributed by atoms with Gasteiger partial charge in [0, 0.05) is 4.88 Å². The first-order chi connectivity index (χ1) is 13.7. The highest BCUT2D eigenvalue weighted by Crippen LogP contribution is 2.36. The predicted octanol–water partition coefficient (Wildman–Crippen LogP) is 6.31. The van der Waals surface area contributed by atoms with Crippen LogP contribution in [0.2, 0.25) is 0 Å². The van der Waals surface area contributed by atoms with Gasteiger partial charge in [-0.1, -0.05) is 18.6 Å². The minimum atomic E-state index is -0.839. The summed E-state index contributed by atoms with van der Waals surface area (Å²) < 4.78 is 32.4. The minimum Gasteiger partial charge on any atom is -0.462 e. The van der Waals surface area contributed by atoms with E-state index in [1.165, 1.54) is 16.9 Å². The molecule has 1 amide bonds. The lowest BCUT2D eigenvalue weighted by molar-refractivity contribution is 0.0528. The maximum Gasteiger partial charge on any atom is 0.341 e. The highest BCUT2D eigenvalue weighted by Gasteiger charge is 2.23. The fourth-order valence-electron chi connectivity index (χ4n) is 2.71. The van der Waals surface area contributed by atoms with Gasteiger partial charge in [-0.2, -0.15) is 0 Å². The molecular formula is C22H25F2NO3S. The van der Waals surface area contributed by atoms with E-state index < -0.39 is 29.1 Å². The number of halogens is 2. The first-order valence-electron chi connectivity index (χ1n) is 9.43. The van der Waals surface area contributed by atoms with Gasteiger partial charge in [0.25, 0.3) is 5.91 Å². The largest absolute Gasteiger partial charge is 0.462 e. The summed E-state index contributed by atoms with van der Waals surface area (Å²) in [6, 6.07) is 4.36. The second-order valence-corrected chi connectivity index (χ2v) is 8.03. The molecule has 0 aliphatic heterocycles. The molecule has 1 heterocycles. The molecule has 1 aromatic carbocycles. The number of carbonyl (C=O) groups excluding carboxylic acids is 2. The van der Waals surface area contributed by atoms with E-state index in [1.807, 2.05) is 20.8 Å². The summed E-state index contributed by atoms with van der Waals surface area (Å²) in [7, 11) is 0. The molecule has 0 spiro atoms. The maximum atomic E-state index is 13.9. The molecule has 0 saturated heterocycles. The number of carbonyl (C=O) groups is 2. The lowest BCUT2D eigenvalue weighted by Crippen LogP contribution is -2.15. The lowest BCUT2D eigenvalue weighted by Gasteiger charge is -2.08. The molecule has 0 radical (unpaired) electrons. The molecular weight excluding hydrogens is 396 g/mol. The van der Waals surface area contributed by atoms with Crippen molar-refractivity contribution in [1.29, 1.82) is 0 Å². The van der Waals surface area contributed by atoms with Crippen molar-refractivity contribution >= 4 is 28.2 Å². The second-order valence-electron chi connectivity index (χ2n) is 6.95. The number of hydrogen-bond donors (Lipinski definition) is 1. The third-order valence-corrected chi connectivity index (χ3v) is 5.57. The van der Waals surface area contributed by atoms with Gasteiger partial charge in [0.1, 0.15) is 16.6 Å². The van der Waals surface area contributed by atoms with Crippen molar-refractivity contribution in [2.75, 3.05) is 11.9 Å². The molecule has 4 nitrogen and oxygen atoms in total. The van der Waals surface area contributed by atoms with Crippen molar-refractivity contribution in [3.63, 3.8) is 0 Å². The zero-order valence-corrected chi connectivity index (χ0v) is 17.8. The molecule has 29 heavy (non-hydrogen) atoms. The Hall–Kier alpha value is -2.54. The van der Waals surface area contributed by atoms with Gasteiger partial charge in [-0.05, 0) is 63.8 Å². The molecule has 1 aromatic heterocycles. The Bertz CT molecular complexity index is 917. The third-order valence-electron chi connectivity index (χ3n) is 4.28.